The van der Waals surface area contributed by atoms with E-state index >= 15 is 0 Å². The van der Waals surface area contributed by atoms with Crippen LogP contribution >= 0.6 is 23.2 Å². The summed E-state index contributed by atoms with van der Waals surface area (Å²) in [5.74, 6) is -0.395. The summed E-state index contributed by atoms with van der Waals surface area (Å²) in [5.41, 5.74) is 3.03. The Kier molecular flexibility index (Phi) is 5.11. The largest absolute Gasteiger partial charge is 0.508 e. The van der Waals surface area contributed by atoms with Gasteiger partial charge in [-0.05, 0) is 49.7 Å². The van der Waals surface area contributed by atoms with Gasteiger partial charge in [0.15, 0.2) is 0 Å². The van der Waals surface area contributed by atoms with Crippen molar-refractivity contribution in [3.63, 3.8) is 0 Å². The maximum atomic E-state index is 12.6. The number of nitrogens with zero attached hydrogens (tertiary/aromatic N) is 2. The maximum Gasteiger partial charge on any atom is 0.293 e. The molecule has 5 nitrogen and oxygen atoms in total. The number of rotatable bonds is 3. The number of anilines is 1. The Balaban J connectivity index is 1.95. The minimum Gasteiger partial charge on any atom is -0.508 e. The van der Waals surface area contributed by atoms with Crippen LogP contribution in [-0.4, -0.2) is 21.0 Å². The minimum absolute atomic E-state index is 0.0133. The molecule has 0 saturated carbocycles. The molecule has 0 radical (unpaired) electrons. The number of hydrogen-bond acceptors (Lipinski definition) is 4. The SMILES string of the molecule is Cc1ccc(O)c(C)c1NC(=O)c1nccc(-c2cc(Cl)ccc2Cl)n1. The van der Waals surface area contributed by atoms with Crippen LogP contribution in [0.4, 0.5) is 5.69 Å². The number of aryl methyl sites for hydroxylation is 1. The summed E-state index contributed by atoms with van der Waals surface area (Å²) in [4.78, 5) is 20.9. The Morgan fingerprint density at radius 2 is 1.88 bits per heavy atom. The number of aromatic hydroxyl groups is 1. The van der Waals surface area contributed by atoms with E-state index in [9.17, 15) is 9.90 Å². The summed E-state index contributed by atoms with van der Waals surface area (Å²) >= 11 is 12.2. The first-order valence-corrected chi connectivity index (χ1v) is 8.51. The third kappa shape index (κ3) is 3.64. The number of amides is 1. The highest BCUT2D eigenvalue weighted by Gasteiger charge is 2.16. The highest BCUT2D eigenvalue weighted by atomic mass is 35.5. The normalized spacial score (nSPS) is 10.6. The molecule has 0 atom stereocenters. The fraction of sp³-hybridized carbons (Fsp3) is 0.105. The van der Waals surface area contributed by atoms with Crippen molar-refractivity contribution in [2.45, 2.75) is 13.8 Å². The molecule has 1 aromatic heterocycles. The Hall–Kier alpha value is -2.63. The van der Waals surface area contributed by atoms with Crippen molar-refractivity contribution in [3.8, 4) is 17.0 Å². The molecule has 0 aliphatic heterocycles. The fourth-order valence-corrected chi connectivity index (χ4v) is 2.90. The second kappa shape index (κ2) is 7.32. The van der Waals surface area contributed by atoms with E-state index in [4.69, 9.17) is 23.2 Å². The highest BCUT2D eigenvalue weighted by molar-refractivity contribution is 6.35. The van der Waals surface area contributed by atoms with E-state index in [0.717, 1.165) is 5.56 Å². The number of carbonyl (C=O) groups is 1. The molecule has 2 N–H and O–H groups in total. The van der Waals surface area contributed by atoms with Gasteiger partial charge < -0.3 is 10.4 Å². The van der Waals surface area contributed by atoms with Crippen molar-refractivity contribution in [1.29, 1.82) is 0 Å². The Morgan fingerprint density at radius 3 is 2.65 bits per heavy atom. The van der Waals surface area contributed by atoms with E-state index in [0.29, 0.717) is 32.6 Å². The van der Waals surface area contributed by atoms with Crippen molar-refractivity contribution < 1.29 is 9.90 Å². The molecule has 1 heterocycles. The van der Waals surface area contributed by atoms with E-state index in [1.165, 1.54) is 6.20 Å². The average Bonchev–Trinajstić information content (AvgIpc) is 2.64. The van der Waals surface area contributed by atoms with Crippen molar-refractivity contribution >= 4 is 34.8 Å². The molecule has 0 spiro atoms. The minimum atomic E-state index is -0.484. The molecule has 1 amide bonds. The van der Waals surface area contributed by atoms with Crippen molar-refractivity contribution in [1.82, 2.24) is 9.97 Å². The number of halogens is 2. The maximum absolute atomic E-state index is 12.6. The van der Waals surface area contributed by atoms with Gasteiger partial charge in [-0.15, -0.1) is 0 Å². The third-order valence-corrected chi connectivity index (χ3v) is 4.51. The fourth-order valence-electron chi connectivity index (χ4n) is 2.51. The number of benzene rings is 2. The number of phenolic OH excluding ortho intramolecular Hbond substituents is 1. The Labute approximate surface area is 160 Å². The summed E-state index contributed by atoms with van der Waals surface area (Å²) in [7, 11) is 0. The van der Waals surface area contributed by atoms with Gasteiger partial charge in [-0.3, -0.25) is 4.79 Å². The van der Waals surface area contributed by atoms with Crippen LogP contribution in [0.5, 0.6) is 5.75 Å². The van der Waals surface area contributed by atoms with Crippen molar-refractivity contribution in [3.05, 3.63) is 69.6 Å². The standard InChI is InChI=1S/C19H15Cl2N3O2/c1-10-3-6-16(25)11(2)17(10)24-19(26)18-22-8-7-15(23-18)13-9-12(20)4-5-14(13)21/h3-9,25H,1-2H3,(H,24,26). The first kappa shape index (κ1) is 18.2. The molecule has 3 aromatic rings. The van der Waals surface area contributed by atoms with Gasteiger partial charge in [-0.1, -0.05) is 29.3 Å². The quantitative estimate of drug-likeness (QED) is 0.660. The summed E-state index contributed by atoms with van der Waals surface area (Å²) < 4.78 is 0. The van der Waals surface area contributed by atoms with Gasteiger partial charge in [0.25, 0.3) is 5.91 Å². The second-order valence-corrected chi connectivity index (χ2v) is 6.59. The van der Waals surface area contributed by atoms with Crippen molar-refractivity contribution in [2.75, 3.05) is 5.32 Å². The van der Waals surface area contributed by atoms with E-state index in [-0.39, 0.29) is 11.6 Å². The molecule has 0 aliphatic rings. The van der Waals surface area contributed by atoms with Crippen LogP contribution in [0.15, 0.2) is 42.6 Å². The van der Waals surface area contributed by atoms with Gasteiger partial charge in [0, 0.05) is 22.3 Å². The molecule has 132 valence electrons. The van der Waals surface area contributed by atoms with Gasteiger partial charge in [0.1, 0.15) is 5.75 Å². The summed E-state index contributed by atoms with van der Waals surface area (Å²) in [6.45, 7) is 3.56. The van der Waals surface area contributed by atoms with Gasteiger partial charge in [0.2, 0.25) is 5.82 Å². The third-order valence-electron chi connectivity index (χ3n) is 3.95. The van der Waals surface area contributed by atoms with E-state index < -0.39 is 5.91 Å². The predicted molar refractivity (Wildman–Crippen MR) is 103 cm³/mol. The topological polar surface area (TPSA) is 75.1 Å². The van der Waals surface area contributed by atoms with Crippen LogP contribution in [0.2, 0.25) is 10.0 Å². The molecular formula is C19H15Cl2N3O2. The van der Waals surface area contributed by atoms with Crippen molar-refractivity contribution in [2.24, 2.45) is 0 Å². The molecule has 0 fully saturated rings. The second-order valence-electron chi connectivity index (χ2n) is 5.75. The lowest BCUT2D eigenvalue weighted by atomic mass is 10.1. The number of hydrogen-bond donors (Lipinski definition) is 2. The molecule has 3 rings (SSSR count). The first-order valence-electron chi connectivity index (χ1n) is 7.76. The van der Waals surface area contributed by atoms with Gasteiger partial charge in [0.05, 0.1) is 16.4 Å². The summed E-state index contributed by atoms with van der Waals surface area (Å²) in [6.07, 6.45) is 1.48. The lowest BCUT2D eigenvalue weighted by Gasteiger charge is -2.12. The number of carbonyl (C=O) groups excluding carboxylic acids is 1. The highest BCUT2D eigenvalue weighted by Crippen LogP contribution is 2.30. The summed E-state index contributed by atoms with van der Waals surface area (Å²) in [6, 6.07) is 9.98. The zero-order valence-corrected chi connectivity index (χ0v) is 15.6. The monoisotopic (exact) mass is 387 g/mol. The van der Waals surface area contributed by atoms with Gasteiger partial charge in [-0.25, -0.2) is 9.97 Å². The van der Waals surface area contributed by atoms with E-state index in [1.54, 1.807) is 43.3 Å². The van der Waals surface area contributed by atoms with E-state index in [2.05, 4.69) is 15.3 Å². The smallest absolute Gasteiger partial charge is 0.293 e. The van der Waals surface area contributed by atoms with Crippen LogP contribution in [0, 0.1) is 13.8 Å². The number of nitrogens with one attached hydrogen (secondary N) is 1. The molecular weight excluding hydrogens is 373 g/mol. The lowest BCUT2D eigenvalue weighted by Crippen LogP contribution is -2.17. The van der Waals surface area contributed by atoms with Gasteiger partial charge in [-0.2, -0.15) is 0 Å². The average molecular weight is 388 g/mol. The number of phenols is 1. The van der Waals surface area contributed by atoms with E-state index in [1.807, 2.05) is 6.92 Å². The van der Waals surface area contributed by atoms with Crippen LogP contribution in [0.25, 0.3) is 11.3 Å². The number of aromatic nitrogens is 2. The van der Waals surface area contributed by atoms with Crippen LogP contribution in [-0.2, 0) is 0 Å². The predicted octanol–water partition coefficient (Wildman–Crippen LogP) is 5.03. The van der Waals surface area contributed by atoms with Crippen LogP contribution in [0.3, 0.4) is 0 Å². The van der Waals surface area contributed by atoms with Crippen LogP contribution < -0.4 is 5.32 Å². The van der Waals surface area contributed by atoms with Gasteiger partial charge >= 0.3 is 0 Å². The molecule has 0 unspecified atom stereocenters. The molecule has 26 heavy (non-hydrogen) atoms. The van der Waals surface area contributed by atoms with Crippen LogP contribution in [0.1, 0.15) is 21.7 Å². The zero-order chi connectivity index (χ0) is 18.8. The molecule has 7 heteroatoms. The molecule has 0 saturated heterocycles. The molecule has 0 aliphatic carbocycles. The molecule has 0 bridgehead atoms. The summed E-state index contributed by atoms with van der Waals surface area (Å²) in [5, 5.41) is 13.6. The lowest BCUT2D eigenvalue weighted by molar-refractivity contribution is 0.101. The Morgan fingerprint density at radius 1 is 1.12 bits per heavy atom. The Bertz CT molecular complexity index is 1010. The molecule has 2 aromatic carbocycles. The first-order chi connectivity index (χ1) is 12.4. The zero-order valence-electron chi connectivity index (χ0n) is 14.0.